The summed E-state index contributed by atoms with van der Waals surface area (Å²) in [6, 6.07) is 5.97. The van der Waals surface area contributed by atoms with Gasteiger partial charge in [0.05, 0.1) is 7.11 Å². The molecule has 1 aromatic carbocycles. The highest BCUT2D eigenvalue weighted by atomic mass is 32.1. The van der Waals surface area contributed by atoms with Crippen molar-refractivity contribution in [3.63, 3.8) is 0 Å². The highest BCUT2D eigenvalue weighted by Crippen LogP contribution is 2.31. The van der Waals surface area contributed by atoms with E-state index in [0.29, 0.717) is 10.4 Å². The zero-order valence-corrected chi connectivity index (χ0v) is 13.5. The van der Waals surface area contributed by atoms with Crippen molar-refractivity contribution < 1.29 is 19.1 Å². The monoisotopic (exact) mass is 335 g/mol. The summed E-state index contributed by atoms with van der Waals surface area (Å²) in [6.45, 7) is 1.67. The Morgan fingerprint density at radius 3 is 2.65 bits per heavy atom. The number of fused-ring (bicyclic) bond motifs is 1. The summed E-state index contributed by atoms with van der Waals surface area (Å²) in [6.07, 6.45) is 0. The number of carbonyl (C=O) groups excluding carboxylic acids is 3. The van der Waals surface area contributed by atoms with Gasteiger partial charge in [0.15, 0.2) is 0 Å². The number of esters is 1. The fourth-order valence-corrected chi connectivity index (χ4v) is 3.28. The Kier molecular flexibility index (Phi) is 5.17. The Bertz CT molecular complexity index is 756. The van der Waals surface area contributed by atoms with Gasteiger partial charge in [-0.15, -0.1) is 11.3 Å². The zero-order chi connectivity index (χ0) is 17.0. The van der Waals surface area contributed by atoms with Gasteiger partial charge in [0.1, 0.15) is 10.9 Å². The second-order valence-electron chi connectivity index (χ2n) is 4.85. The van der Waals surface area contributed by atoms with Gasteiger partial charge in [-0.3, -0.25) is 4.79 Å². The van der Waals surface area contributed by atoms with Gasteiger partial charge in [-0.1, -0.05) is 18.2 Å². The molecule has 23 heavy (non-hydrogen) atoms. The van der Waals surface area contributed by atoms with Gasteiger partial charge in [-0.2, -0.15) is 0 Å². The number of rotatable bonds is 5. The summed E-state index contributed by atoms with van der Waals surface area (Å²) < 4.78 is 5.73. The van der Waals surface area contributed by atoms with Crippen LogP contribution < -0.4 is 16.4 Å². The average Bonchev–Trinajstić information content (AvgIpc) is 2.89. The van der Waals surface area contributed by atoms with Crippen molar-refractivity contribution in [2.75, 3.05) is 7.11 Å². The summed E-state index contributed by atoms with van der Waals surface area (Å²) in [4.78, 5) is 35.1. The van der Waals surface area contributed by atoms with E-state index < -0.39 is 23.9 Å². The van der Waals surface area contributed by atoms with Crippen LogP contribution in [0.4, 0.5) is 4.79 Å². The fraction of sp³-hybridized carbons (Fsp3) is 0.267. The van der Waals surface area contributed by atoms with Crippen LogP contribution in [0.1, 0.15) is 22.2 Å². The highest BCUT2D eigenvalue weighted by molar-refractivity contribution is 7.21. The summed E-state index contributed by atoms with van der Waals surface area (Å²) >= 11 is 1.31. The molecule has 7 nitrogen and oxygen atoms in total. The molecule has 2 aromatic rings. The third kappa shape index (κ3) is 3.78. The Balaban J connectivity index is 2.23. The summed E-state index contributed by atoms with van der Waals surface area (Å²) in [5, 5.41) is 5.87. The highest BCUT2D eigenvalue weighted by Gasteiger charge is 2.20. The fourth-order valence-electron chi connectivity index (χ4n) is 2.14. The van der Waals surface area contributed by atoms with Crippen molar-refractivity contribution in [3.8, 4) is 0 Å². The number of urea groups is 1. The molecule has 122 valence electrons. The Labute approximate surface area is 136 Å². The normalized spacial score (nSPS) is 11.7. The van der Waals surface area contributed by atoms with Crippen LogP contribution in [0.3, 0.4) is 0 Å². The number of nitrogens with one attached hydrogen (secondary N) is 2. The number of hydrogen-bond acceptors (Lipinski definition) is 5. The number of thiophene rings is 1. The van der Waals surface area contributed by atoms with Gasteiger partial charge >= 0.3 is 12.0 Å². The topological polar surface area (TPSA) is 111 Å². The minimum absolute atomic E-state index is 0.151. The van der Waals surface area contributed by atoms with Crippen molar-refractivity contribution >= 4 is 39.3 Å². The number of benzene rings is 1. The zero-order valence-electron chi connectivity index (χ0n) is 12.7. The summed E-state index contributed by atoms with van der Waals surface area (Å²) in [7, 11) is 1.31. The van der Waals surface area contributed by atoms with E-state index in [2.05, 4.69) is 10.6 Å². The van der Waals surface area contributed by atoms with Gasteiger partial charge in [0, 0.05) is 16.8 Å². The van der Waals surface area contributed by atoms with E-state index in [1.54, 1.807) is 0 Å². The molecule has 1 aromatic heterocycles. The van der Waals surface area contributed by atoms with Gasteiger partial charge in [-0.05, 0) is 18.4 Å². The number of primary amides is 1. The molecule has 4 N–H and O–H groups in total. The van der Waals surface area contributed by atoms with Gasteiger partial charge in [0.2, 0.25) is 5.91 Å². The molecular weight excluding hydrogens is 318 g/mol. The van der Waals surface area contributed by atoms with Crippen LogP contribution in [0.25, 0.3) is 10.1 Å². The standard InChI is InChI=1S/C15H17N3O4S/c1-8(18-15(16)21)13(19)17-7-10-9-5-3-4-6-11(9)23-12(10)14(20)22-2/h3-6,8H,7H2,1-2H3,(H,17,19)(H3,16,18,21)/t8-/m0/s1. The first-order valence-corrected chi connectivity index (χ1v) is 7.68. The number of amides is 3. The number of carbonyl (C=O) groups is 3. The van der Waals surface area contributed by atoms with E-state index in [1.807, 2.05) is 24.3 Å². The van der Waals surface area contributed by atoms with Gasteiger partial charge in [0.25, 0.3) is 0 Å². The molecule has 0 aliphatic carbocycles. The first kappa shape index (κ1) is 16.8. The van der Waals surface area contributed by atoms with Crippen LogP contribution in [0.2, 0.25) is 0 Å². The van der Waals surface area contributed by atoms with E-state index in [1.165, 1.54) is 25.4 Å². The Hall–Kier alpha value is -2.61. The van der Waals surface area contributed by atoms with Crippen LogP contribution in [0.15, 0.2) is 24.3 Å². The quantitative estimate of drug-likeness (QED) is 0.716. The van der Waals surface area contributed by atoms with Crippen molar-refractivity contribution in [1.29, 1.82) is 0 Å². The maximum Gasteiger partial charge on any atom is 0.348 e. The molecule has 0 fully saturated rings. The third-order valence-corrected chi connectivity index (χ3v) is 4.45. The van der Waals surface area contributed by atoms with E-state index in [9.17, 15) is 14.4 Å². The first-order chi connectivity index (χ1) is 10.9. The van der Waals surface area contributed by atoms with E-state index in [-0.39, 0.29) is 6.54 Å². The lowest BCUT2D eigenvalue weighted by molar-refractivity contribution is -0.122. The van der Waals surface area contributed by atoms with Crippen LogP contribution in [-0.2, 0) is 16.1 Å². The summed E-state index contributed by atoms with van der Waals surface area (Å²) in [5.74, 6) is -0.839. The van der Waals surface area contributed by atoms with E-state index in [0.717, 1.165) is 10.1 Å². The van der Waals surface area contributed by atoms with Gasteiger partial charge in [-0.25, -0.2) is 9.59 Å². The Morgan fingerprint density at radius 1 is 1.30 bits per heavy atom. The smallest absolute Gasteiger partial charge is 0.348 e. The lowest BCUT2D eigenvalue weighted by Crippen LogP contribution is -2.46. The number of hydrogen-bond donors (Lipinski definition) is 3. The number of nitrogens with two attached hydrogens (primary N) is 1. The van der Waals surface area contributed by atoms with Gasteiger partial charge < -0.3 is 21.1 Å². The maximum atomic E-state index is 12.0. The molecule has 0 bridgehead atoms. The largest absolute Gasteiger partial charge is 0.465 e. The van der Waals surface area contributed by atoms with E-state index >= 15 is 0 Å². The Morgan fingerprint density at radius 2 is 2.00 bits per heavy atom. The van der Waals surface area contributed by atoms with Crippen molar-refractivity contribution in [2.45, 2.75) is 19.5 Å². The SMILES string of the molecule is COC(=O)c1sc2ccccc2c1CNC(=O)[C@H](C)NC(N)=O. The lowest BCUT2D eigenvalue weighted by atomic mass is 10.1. The molecular formula is C15H17N3O4S. The minimum atomic E-state index is -0.774. The molecule has 1 atom stereocenters. The van der Waals surface area contributed by atoms with Crippen LogP contribution in [0, 0.1) is 0 Å². The molecule has 3 amide bonds. The van der Waals surface area contributed by atoms with Crippen molar-refractivity contribution in [1.82, 2.24) is 10.6 Å². The average molecular weight is 335 g/mol. The maximum absolute atomic E-state index is 12.0. The number of ether oxygens (including phenoxy) is 1. The second kappa shape index (κ2) is 7.10. The van der Waals surface area contributed by atoms with Crippen LogP contribution >= 0.6 is 11.3 Å². The molecule has 1 heterocycles. The van der Waals surface area contributed by atoms with Crippen molar-refractivity contribution in [3.05, 3.63) is 34.7 Å². The molecule has 0 spiro atoms. The van der Waals surface area contributed by atoms with E-state index in [4.69, 9.17) is 10.5 Å². The molecule has 2 rings (SSSR count). The predicted molar refractivity (Wildman–Crippen MR) is 87.2 cm³/mol. The van der Waals surface area contributed by atoms with Crippen LogP contribution in [-0.4, -0.2) is 31.1 Å². The molecule has 0 radical (unpaired) electrons. The molecule has 0 aliphatic rings. The third-order valence-electron chi connectivity index (χ3n) is 3.26. The summed E-state index contributed by atoms with van der Waals surface area (Å²) in [5.41, 5.74) is 5.68. The second-order valence-corrected chi connectivity index (χ2v) is 5.90. The minimum Gasteiger partial charge on any atom is -0.465 e. The van der Waals surface area contributed by atoms with Crippen molar-refractivity contribution in [2.24, 2.45) is 5.73 Å². The lowest BCUT2D eigenvalue weighted by Gasteiger charge is -2.12. The molecule has 0 unspecified atom stereocenters. The molecule has 0 saturated carbocycles. The predicted octanol–water partition coefficient (Wildman–Crippen LogP) is 1.36. The number of methoxy groups -OCH3 is 1. The molecule has 8 heteroatoms. The molecule has 0 aliphatic heterocycles. The molecule has 0 saturated heterocycles. The first-order valence-electron chi connectivity index (χ1n) is 6.86. The van der Waals surface area contributed by atoms with Crippen LogP contribution in [0.5, 0.6) is 0 Å².